The van der Waals surface area contributed by atoms with Gasteiger partial charge in [0.05, 0.1) is 6.61 Å². The molecule has 0 radical (unpaired) electrons. The number of unbranched alkanes of at least 4 members (excludes halogenated alkanes) is 24. The first-order chi connectivity index (χ1) is 20.6. The number of rotatable bonds is 34. The number of aliphatic hydroxyl groups is 1. The maximum Gasteiger partial charge on any atom is 0.306 e. The average Bonchev–Trinajstić information content (AvgIpc) is 2.99. The first-order valence-corrected chi connectivity index (χ1v) is 19.1. The van der Waals surface area contributed by atoms with Gasteiger partial charge in [-0.1, -0.05) is 141 Å². The second-order valence-electron chi connectivity index (χ2n) is 12.1. The van der Waals surface area contributed by atoms with Crippen molar-refractivity contribution in [1.82, 2.24) is 0 Å². The molecular formula is C35H68O5S2. The molecule has 0 bridgehead atoms. The molecule has 0 aromatic rings. The van der Waals surface area contributed by atoms with Gasteiger partial charge in [0, 0.05) is 12.8 Å². The van der Waals surface area contributed by atoms with Crippen LogP contribution in [-0.2, 0) is 19.1 Å². The number of carbonyl (C=O) groups is 2. The highest BCUT2D eigenvalue weighted by molar-refractivity contribution is 7.80. The Labute approximate surface area is 271 Å². The Morgan fingerprint density at radius 2 is 0.738 bits per heavy atom. The molecule has 0 aromatic carbocycles. The predicted molar refractivity (Wildman–Crippen MR) is 185 cm³/mol. The van der Waals surface area contributed by atoms with E-state index in [0.29, 0.717) is 12.8 Å². The molecule has 0 saturated heterocycles. The van der Waals surface area contributed by atoms with Gasteiger partial charge in [-0.25, -0.2) is 0 Å². The summed E-state index contributed by atoms with van der Waals surface area (Å²) >= 11 is 8.51. The number of hydrogen-bond donors (Lipinski definition) is 3. The Bertz CT molecular complexity index is 576. The molecule has 0 unspecified atom stereocenters. The van der Waals surface area contributed by atoms with Gasteiger partial charge in [-0.05, 0) is 37.2 Å². The zero-order chi connectivity index (χ0) is 30.8. The van der Waals surface area contributed by atoms with E-state index in [-0.39, 0.29) is 25.2 Å². The SMILES string of the molecule is O=C(CCCCCCCCCCCCCCCS)OC[C@@H](CO)OC(=O)CCCCCCCCCCCCCCCS. The monoisotopic (exact) mass is 632 g/mol. The van der Waals surface area contributed by atoms with Crippen molar-refractivity contribution in [3.8, 4) is 0 Å². The minimum absolute atomic E-state index is 0.0636. The van der Waals surface area contributed by atoms with E-state index >= 15 is 0 Å². The molecule has 7 heteroatoms. The van der Waals surface area contributed by atoms with Crippen molar-refractivity contribution in [2.45, 2.75) is 186 Å². The van der Waals surface area contributed by atoms with E-state index in [2.05, 4.69) is 25.3 Å². The van der Waals surface area contributed by atoms with Crippen molar-refractivity contribution in [3.63, 3.8) is 0 Å². The third-order valence-corrected chi connectivity index (χ3v) is 8.64. The van der Waals surface area contributed by atoms with Gasteiger partial charge in [-0.2, -0.15) is 25.3 Å². The number of aliphatic hydroxyl groups excluding tert-OH is 1. The van der Waals surface area contributed by atoms with Crippen LogP contribution in [0.3, 0.4) is 0 Å². The topological polar surface area (TPSA) is 72.8 Å². The van der Waals surface area contributed by atoms with Crippen LogP contribution in [0.15, 0.2) is 0 Å². The number of esters is 2. The molecule has 0 saturated carbocycles. The van der Waals surface area contributed by atoms with Gasteiger partial charge < -0.3 is 14.6 Å². The van der Waals surface area contributed by atoms with Crippen molar-refractivity contribution < 1.29 is 24.2 Å². The summed E-state index contributed by atoms with van der Waals surface area (Å²) in [5.41, 5.74) is 0. The molecule has 250 valence electrons. The van der Waals surface area contributed by atoms with Crippen LogP contribution in [0.1, 0.15) is 180 Å². The van der Waals surface area contributed by atoms with Crippen LogP contribution < -0.4 is 0 Å². The van der Waals surface area contributed by atoms with Crippen molar-refractivity contribution >= 4 is 37.2 Å². The number of thiol groups is 2. The van der Waals surface area contributed by atoms with Crippen molar-refractivity contribution in [2.75, 3.05) is 24.7 Å². The Morgan fingerprint density at radius 1 is 0.452 bits per heavy atom. The van der Waals surface area contributed by atoms with Crippen LogP contribution in [0.25, 0.3) is 0 Å². The van der Waals surface area contributed by atoms with Crippen LogP contribution in [0.5, 0.6) is 0 Å². The van der Waals surface area contributed by atoms with Gasteiger partial charge in [0.15, 0.2) is 6.10 Å². The zero-order valence-corrected chi connectivity index (χ0v) is 29.0. The van der Waals surface area contributed by atoms with E-state index in [0.717, 1.165) is 50.0 Å². The minimum atomic E-state index is -0.766. The molecule has 1 N–H and O–H groups in total. The van der Waals surface area contributed by atoms with Gasteiger partial charge >= 0.3 is 11.9 Å². The summed E-state index contributed by atoms with van der Waals surface area (Å²) in [6.45, 7) is -0.392. The molecule has 0 fully saturated rings. The number of ether oxygens (including phenoxy) is 2. The molecule has 0 spiro atoms. The van der Waals surface area contributed by atoms with Gasteiger partial charge in [-0.3, -0.25) is 9.59 Å². The normalized spacial score (nSPS) is 12.0. The lowest BCUT2D eigenvalue weighted by Crippen LogP contribution is -2.28. The summed E-state index contributed by atoms with van der Waals surface area (Å²) < 4.78 is 10.6. The third-order valence-electron chi connectivity index (χ3n) is 8.01. The molecule has 1 atom stereocenters. The van der Waals surface area contributed by atoms with E-state index in [1.165, 1.54) is 128 Å². The molecule has 0 aliphatic heterocycles. The van der Waals surface area contributed by atoms with Gasteiger partial charge in [0.1, 0.15) is 6.61 Å². The lowest BCUT2D eigenvalue weighted by atomic mass is 10.0. The second-order valence-corrected chi connectivity index (χ2v) is 13.0. The van der Waals surface area contributed by atoms with Crippen molar-refractivity contribution in [3.05, 3.63) is 0 Å². The number of carbonyl (C=O) groups excluding carboxylic acids is 2. The molecule has 0 aliphatic rings. The second kappa shape index (κ2) is 35.1. The maximum atomic E-state index is 12.1. The molecule has 0 rings (SSSR count). The fourth-order valence-electron chi connectivity index (χ4n) is 5.28. The first kappa shape index (κ1) is 41.6. The zero-order valence-electron chi connectivity index (χ0n) is 27.2. The summed E-state index contributed by atoms with van der Waals surface area (Å²) in [4.78, 5) is 24.2. The fraction of sp³-hybridized carbons (Fsp3) is 0.943. The van der Waals surface area contributed by atoms with Gasteiger partial charge in [0.2, 0.25) is 0 Å². The smallest absolute Gasteiger partial charge is 0.306 e. The van der Waals surface area contributed by atoms with Gasteiger partial charge in [0.25, 0.3) is 0 Å². The van der Waals surface area contributed by atoms with Crippen LogP contribution in [0.4, 0.5) is 0 Å². The Kier molecular flexibility index (Phi) is 34.7. The predicted octanol–water partition coefficient (Wildman–Crippen LogP) is 10.2. The number of hydrogen-bond acceptors (Lipinski definition) is 7. The largest absolute Gasteiger partial charge is 0.462 e. The highest BCUT2D eigenvalue weighted by Gasteiger charge is 2.16. The highest BCUT2D eigenvalue weighted by Crippen LogP contribution is 2.15. The highest BCUT2D eigenvalue weighted by atomic mass is 32.1. The Balaban J connectivity index is 3.51. The van der Waals surface area contributed by atoms with Crippen LogP contribution >= 0.6 is 25.3 Å². The van der Waals surface area contributed by atoms with Crippen molar-refractivity contribution in [2.24, 2.45) is 0 Å². The molecule has 0 aliphatic carbocycles. The average molecular weight is 633 g/mol. The summed E-state index contributed by atoms with van der Waals surface area (Å²) in [5.74, 6) is 1.44. The molecule has 0 heterocycles. The van der Waals surface area contributed by atoms with E-state index < -0.39 is 6.10 Å². The van der Waals surface area contributed by atoms with Crippen LogP contribution in [-0.4, -0.2) is 47.9 Å². The van der Waals surface area contributed by atoms with E-state index in [4.69, 9.17) is 9.47 Å². The van der Waals surface area contributed by atoms with E-state index in [1.54, 1.807) is 0 Å². The summed E-state index contributed by atoms with van der Waals surface area (Å²) in [6, 6.07) is 0. The molecule has 0 aromatic heterocycles. The molecule has 5 nitrogen and oxygen atoms in total. The van der Waals surface area contributed by atoms with Crippen LogP contribution in [0, 0.1) is 0 Å². The maximum absolute atomic E-state index is 12.1. The van der Waals surface area contributed by atoms with E-state index in [9.17, 15) is 14.7 Å². The molecule has 42 heavy (non-hydrogen) atoms. The standard InChI is InChI=1S/C35H68O5S2/c36-31-33(40-35(38)28-24-20-16-12-8-4-2-6-10-14-18-22-26-30-42)32-39-34(37)27-23-19-15-11-7-3-1-5-9-13-17-21-25-29-41/h33,36,41-42H,1-32H2/t33-/m1/s1. The van der Waals surface area contributed by atoms with Crippen molar-refractivity contribution in [1.29, 1.82) is 0 Å². The Hall–Kier alpha value is -0.400. The van der Waals surface area contributed by atoms with Crippen LogP contribution in [0.2, 0.25) is 0 Å². The quantitative estimate of drug-likeness (QED) is 0.0374. The fourth-order valence-corrected chi connectivity index (χ4v) is 5.73. The molecule has 0 amide bonds. The first-order valence-electron chi connectivity index (χ1n) is 17.8. The van der Waals surface area contributed by atoms with E-state index in [1.807, 2.05) is 0 Å². The summed E-state index contributed by atoms with van der Waals surface area (Å²) in [5, 5.41) is 9.52. The Morgan fingerprint density at radius 3 is 1.05 bits per heavy atom. The lowest BCUT2D eigenvalue weighted by molar-refractivity contribution is -0.161. The lowest BCUT2D eigenvalue weighted by Gasteiger charge is -2.15. The molecular weight excluding hydrogens is 565 g/mol. The summed E-state index contributed by atoms with van der Waals surface area (Å²) in [6.07, 6.45) is 32.3. The third kappa shape index (κ3) is 32.5. The minimum Gasteiger partial charge on any atom is -0.462 e. The summed E-state index contributed by atoms with van der Waals surface area (Å²) in [7, 11) is 0. The van der Waals surface area contributed by atoms with Gasteiger partial charge in [-0.15, -0.1) is 0 Å².